The first-order valence-electron chi connectivity index (χ1n) is 5.99. The van der Waals surface area contributed by atoms with Crippen LogP contribution in [-0.2, 0) is 12.8 Å². The third kappa shape index (κ3) is 1.82. The molecule has 1 aromatic carbocycles. The molecule has 0 amide bonds. The average molecular weight is 218 g/mol. The van der Waals surface area contributed by atoms with Crippen LogP contribution in [0, 0.1) is 0 Å². The summed E-state index contributed by atoms with van der Waals surface area (Å²) in [5, 5.41) is 9.89. The maximum absolute atomic E-state index is 9.89. The van der Waals surface area contributed by atoms with Gasteiger partial charge in [0.15, 0.2) is 0 Å². The van der Waals surface area contributed by atoms with Gasteiger partial charge >= 0.3 is 0 Å². The SMILES string of the molecule is CC1(C)Cc2ccc(CC3(O)CC3)cc2O1. The van der Waals surface area contributed by atoms with E-state index >= 15 is 0 Å². The van der Waals surface area contributed by atoms with Crippen LogP contribution in [0.4, 0.5) is 0 Å². The van der Waals surface area contributed by atoms with Gasteiger partial charge in [-0.1, -0.05) is 12.1 Å². The minimum atomic E-state index is -0.414. The summed E-state index contributed by atoms with van der Waals surface area (Å²) in [4.78, 5) is 0. The van der Waals surface area contributed by atoms with Crippen molar-refractivity contribution in [2.24, 2.45) is 0 Å². The van der Waals surface area contributed by atoms with Gasteiger partial charge in [0.25, 0.3) is 0 Å². The molecule has 16 heavy (non-hydrogen) atoms. The van der Waals surface area contributed by atoms with E-state index in [9.17, 15) is 5.11 Å². The highest BCUT2D eigenvalue weighted by atomic mass is 16.5. The van der Waals surface area contributed by atoms with Crippen LogP contribution in [0.25, 0.3) is 0 Å². The van der Waals surface area contributed by atoms with Crippen molar-refractivity contribution in [3.05, 3.63) is 29.3 Å². The number of hydrogen-bond donors (Lipinski definition) is 1. The van der Waals surface area contributed by atoms with Gasteiger partial charge in [0, 0.05) is 12.8 Å². The molecule has 0 bridgehead atoms. The van der Waals surface area contributed by atoms with E-state index in [0.29, 0.717) is 0 Å². The van der Waals surface area contributed by atoms with Crippen molar-refractivity contribution in [3.8, 4) is 5.75 Å². The molecule has 1 aliphatic carbocycles. The summed E-state index contributed by atoms with van der Waals surface area (Å²) >= 11 is 0. The molecule has 2 nitrogen and oxygen atoms in total. The topological polar surface area (TPSA) is 29.5 Å². The van der Waals surface area contributed by atoms with Crippen LogP contribution >= 0.6 is 0 Å². The standard InChI is InChI=1S/C14H18O2/c1-13(2)9-11-4-3-10(7-12(11)16-13)8-14(15)5-6-14/h3-4,7,15H,5-6,8-9H2,1-2H3. The Balaban J connectivity index is 1.84. The fourth-order valence-corrected chi connectivity index (χ4v) is 2.44. The van der Waals surface area contributed by atoms with Crippen LogP contribution in [0.2, 0.25) is 0 Å². The first-order chi connectivity index (χ1) is 7.46. The lowest BCUT2D eigenvalue weighted by molar-refractivity contribution is 0.138. The highest BCUT2D eigenvalue weighted by Crippen LogP contribution is 2.40. The number of rotatable bonds is 2. The van der Waals surface area contributed by atoms with Gasteiger partial charge in [0.1, 0.15) is 11.4 Å². The van der Waals surface area contributed by atoms with Gasteiger partial charge in [-0.3, -0.25) is 0 Å². The molecule has 0 atom stereocenters. The molecule has 0 saturated heterocycles. The minimum Gasteiger partial charge on any atom is -0.487 e. The van der Waals surface area contributed by atoms with Crippen LogP contribution in [-0.4, -0.2) is 16.3 Å². The zero-order chi connectivity index (χ0) is 11.4. The molecule has 2 heteroatoms. The Hall–Kier alpha value is -1.02. The molecule has 0 aromatic heterocycles. The van der Waals surface area contributed by atoms with Crippen molar-refractivity contribution >= 4 is 0 Å². The minimum absolute atomic E-state index is 0.0720. The fourth-order valence-electron chi connectivity index (χ4n) is 2.44. The normalized spacial score (nSPS) is 23.7. The number of hydrogen-bond acceptors (Lipinski definition) is 2. The quantitative estimate of drug-likeness (QED) is 0.826. The van der Waals surface area contributed by atoms with Crippen molar-refractivity contribution in [1.82, 2.24) is 0 Å². The van der Waals surface area contributed by atoms with Crippen molar-refractivity contribution in [2.45, 2.75) is 50.7 Å². The van der Waals surface area contributed by atoms with E-state index < -0.39 is 5.60 Å². The van der Waals surface area contributed by atoms with Gasteiger partial charge in [-0.25, -0.2) is 0 Å². The molecule has 1 N–H and O–H groups in total. The second-order valence-electron chi connectivity index (χ2n) is 5.88. The monoisotopic (exact) mass is 218 g/mol. The Labute approximate surface area is 96.2 Å². The molecule has 1 fully saturated rings. The zero-order valence-corrected chi connectivity index (χ0v) is 9.92. The summed E-state index contributed by atoms with van der Waals surface area (Å²) in [6.45, 7) is 4.22. The van der Waals surface area contributed by atoms with E-state index in [2.05, 4.69) is 32.0 Å². The predicted molar refractivity (Wildman–Crippen MR) is 62.7 cm³/mol. The van der Waals surface area contributed by atoms with E-state index in [1.807, 2.05) is 0 Å². The first-order valence-corrected chi connectivity index (χ1v) is 5.99. The molecule has 1 heterocycles. The van der Waals surface area contributed by atoms with Crippen molar-refractivity contribution in [3.63, 3.8) is 0 Å². The lowest BCUT2D eigenvalue weighted by Gasteiger charge is -2.17. The van der Waals surface area contributed by atoms with E-state index in [0.717, 1.165) is 31.4 Å². The summed E-state index contributed by atoms with van der Waals surface area (Å²) in [6, 6.07) is 6.37. The molecule has 86 valence electrons. The zero-order valence-electron chi connectivity index (χ0n) is 9.92. The van der Waals surface area contributed by atoms with Crippen molar-refractivity contribution < 1.29 is 9.84 Å². The number of aliphatic hydroxyl groups is 1. The molecule has 0 unspecified atom stereocenters. The Morgan fingerprint density at radius 1 is 1.31 bits per heavy atom. The Kier molecular flexibility index (Phi) is 1.91. The number of benzene rings is 1. The molecule has 1 aromatic rings. The molecule has 1 aliphatic heterocycles. The van der Waals surface area contributed by atoms with Crippen molar-refractivity contribution in [1.29, 1.82) is 0 Å². The average Bonchev–Trinajstić information content (AvgIpc) is 2.78. The van der Waals surface area contributed by atoms with Crippen molar-refractivity contribution in [2.75, 3.05) is 0 Å². The maximum atomic E-state index is 9.89. The third-order valence-corrected chi connectivity index (χ3v) is 3.49. The third-order valence-electron chi connectivity index (χ3n) is 3.49. The number of ether oxygens (including phenoxy) is 1. The van der Waals surface area contributed by atoms with E-state index in [4.69, 9.17) is 4.74 Å². The van der Waals surface area contributed by atoms with Crippen LogP contribution in [0.5, 0.6) is 5.75 Å². The summed E-state index contributed by atoms with van der Waals surface area (Å²) in [7, 11) is 0. The highest BCUT2D eigenvalue weighted by molar-refractivity contribution is 5.42. The maximum Gasteiger partial charge on any atom is 0.123 e. The smallest absolute Gasteiger partial charge is 0.123 e. The summed E-state index contributed by atoms with van der Waals surface area (Å²) in [5.74, 6) is 1.01. The van der Waals surface area contributed by atoms with Crippen LogP contribution in [0.1, 0.15) is 37.8 Å². The lowest BCUT2D eigenvalue weighted by Crippen LogP contribution is -2.24. The van der Waals surface area contributed by atoms with E-state index in [1.54, 1.807) is 0 Å². The molecular weight excluding hydrogens is 200 g/mol. The Bertz CT molecular complexity index is 430. The molecule has 0 spiro atoms. The Morgan fingerprint density at radius 2 is 2.06 bits per heavy atom. The van der Waals surface area contributed by atoms with Gasteiger partial charge in [0.2, 0.25) is 0 Å². The second-order valence-corrected chi connectivity index (χ2v) is 5.88. The van der Waals surface area contributed by atoms with E-state index in [1.165, 1.54) is 11.1 Å². The van der Waals surface area contributed by atoms with Gasteiger partial charge in [-0.05, 0) is 43.9 Å². The van der Waals surface area contributed by atoms with Gasteiger partial charge in [0.05, 0.1) is 5.60 Å². The molecule has 2 aliphatic rings. The summed E-state index contributed by atoms with van der Waals surface area (Å²) < 4.78 is 5.89. The highest BCUT2D eigenvalue weighted by Gasteiger charge is 2.40. The molecular formula is C14H18O2. The van der Waals surface area contributed by atoms with Gasteiger partial charge < -0.3 is 9.84 Å². The summed E-state index contributed by atoms with van der Waals surface area (Å²) in [5.41, 5.74) is 1.99. The Morgan fingerprint density at radius 3 is 2.75 bits per heavy atom. The molecule has 3 rings (SSSR count). The van der Waals surface area contributed by atoms with Gasteiger partial charge in [-0.2, -0.15) is 0 Å². The van der Waals surface area contributed by atoms with Crippen LogP contribution in [0.15, 0.2) is 18.2 Å². The summed E-state index contributed by atoms with van der Waals surface area (Å²) in [6.07, 6.45) is 3.63. The van der Waals surface area contributed by atoms with E-state index in [-0.39, 0.29) is 5.60 Å². The molecule has 1 saturated carbocycles. The fraction of sp³-hybridized carbons (Fsp3) is 0.571. The predicted octanol–water partition coefficient (Wildman–Crippen LogP) is 2.47. The number of fused-ring (bicyclic) bond motifs is 1. The van der Waals surface area contributed by atoms with Gasteiger partial charge in [-0.15, -0.1) is 0 Å². The van der Waals surface area contributed by atoms with Crippen LogP contribution in [0.3, 0.4) is 0 Å². The molecule has 0 radical (unpaired) electrons. The second kappa shape index (κ2) is 3.01. The lowest BCUT2D eigenvalue weighted by atomic mass is 9.99. The van der Waals surface area contributed by atoms with Crippen LogP contribution < -0.4 is 4.74 Å². The first kappa shape index (κ1) is 10.2. The largest absolute Gasteiger partial charge is 0.487 e.